The van der Waals surface area contributed by atoms with E-state index in [1.54, 1.807) is 6.07 Å². The quantitative estimate of drug-likeness (QED) is 0.405. The number of halogens is 2. The summed E-state index contributed by atoms with van der Waals surface area (Å²) in [5.74, 6) is 0.647. The Kier molecular flexibility index (Phi) is 6.50. The zero-order valence-corrected chi connectivity index (χ0v) is 19.5. The second-order valence-corrected chi connectivity index (χ2v) is 9.12. The minimum absolute atomic E-state index is 0.0343. The highest BCUT2D eigenvalue weighted by atomic mass is 35.5. The number of nitrogens with zero attached hydrogens (tertiary/aromatic N) is 3. The summed E-state index contributed by atoms with van der Waals surface area (Å²) in [5.41, 5.74) is 3.51. The van der Waals surface area contributed by atoms with Crippen molar-refractivity contribution in [3.8, 4) is 0 Å². The van der Waals surface area contributed by atoms with Crippen molar-refractivity contribution in [2.75, 3.05) is 18.0 Å². The van der Waals surface area contributed by atoms with Crippen molar-refractivity contribution in [2.24, 2.45) is 5.92 Å². The first kappa shape index (κ1) is 22.4. The molecule has 0 bridgehead atoms. The number of benzene rings is 3. The number of rotatable bonds is 6. The molecular weight excluding hydrogens is 451 g/mol. The van der Waals surface area contributed by atoms with Crippen molar-refractivity contribution in [1.82, 2.24) is 14.9 Å². The Hall–Kier alpha value is -3.38. The predicted octanol–water partition coefficient (Wildman–Crippen LogP) is 5.41. The summed E-state index contributed by atoms with van der Waals surface area (Å²) in [4.78, 5) is 19.8. The first-order valence-corrected chi connectivity index (χ1v) is 11.9. The van der Waals surface area contributed by atoms with E-state index in [1.807, 2.05) is 60.7 Å². The molecule has 174 valence electrons. The maximum atomic E-state index is 14.4. The molecule has 1 amide bonds. The highest BCUT2D eigenvalue weighted by molar-refractivity contribution is 6.30. The van der Waals surface area contributed by atoms with Crippen molar-refractivity contribution in [1.29, 1.82) is 0 Å². The van der Waals surface area contributed by atoms with Gasteiger partial charge in [0.1, 0.15) is 5.82 Å². The van der Waals surface area contributed by atoms with Crippen LogP contribution in [0.2, 0.25) is 5.02 Å². The third-order valence-corrected chi connectivity index (χ3v) is 6.70. The summed E-state index contributed by atoms with van der Waals surface area (Å²) in [5, 5.41) is 3.74. The number of piperidine rings is 1. The van der Waals surface area contributed by atoms with Crippen LogP contribution < -0.4 is 10.2 Å². The van der Waals surface area contributed by atoms with Crippen molar-refractivity contribution in [2.45, 2.75) is 25.9 Å². The van der Waals surface area contributed by atoms with Gasteiger partial charge in [-0.25, -0.2) is 9.37 Å². The highest BCUT2D eigenvalue weighted by Crippen LogP contribution is 2.28. The van der Waals surface area contributed by atoms with Gasteiger partial charge in [0.2, 0.25) is 11.9 Å². The maximum Gasteiger partial charge on any atom is 0.223 e. The van der Waals surface area contributed by atoms with Gasteiger partial charge in [-0.15, -0.1) is 0 Å². The van der Waals surface area contributed by atoms with Gasteiger partial charge in [0.05, 0.1) is 17.6 Å². The molecule has 0 atom stereocenters. The standard InChI is InChI=1S/C27H26ClFN4O/c28-22-11-9-19(10-12-22)17-30-26(34)20-13-15-32(16-14-20)27-31-24-7-3-4-8-25(24)33(27)18-21-5-1-2-6-23(21)29/h1-12,20H,13-18H2,(H,30,34). The van der Waals surface area contributed by atoms with E-state index in [9.17, 15) is 9.18 Å². The fourth-order valence-corrected chi connectivity index (χ4v) is 4.66. The van der Waals surface area contributed by atoms with E-state index in [0.29, 0.717) is 23.7 Å². The van der Waals surface area contributed by atoms with Crippen molar-refractivity contribution < 1.29 is 9.18 Å². The van der Waals surface area contributed by atoms with Gasteiger partial charge in [-0.1, -0.05) is 54.1 Å². The lowest BCUT2D eigenvalue weighted by Gasteiger charge is -2.32. The molecule has 3 aromatic carbocycles. The number of carbonyl (C=O) groups is 1. The number of fused-ring (bicyclic) bond motifs is 1. The van der Waals surface area contributed by atoms with E-state index < -0.39 is 0 Å². The molecular formula is C27H26ClFN4O. The Morgan fingerprint density at radius 3 is 2.47 bits per heavy atom. The number of nitrogens with one attached hydrogen (secondary N) is 1. The molecule has 1 N–H and O–H groups in total. The van der Waals surface area contributed by atoms with Gasteiger partial charge < -0.3 is 14.8 Å². The second kappa shape index (κ2) is 9.85. The minimum Gasteiger partial charge on any atom is -0.352 e. The molecule has 0 aliphatic carbocycles. The molecule has 1 fully saturated rings. The van der Waals surface area contributed by atoms with Crippen molar-refractivity contribution in [3.05, 3.63) is 94.8 Å². The van der Waals surface area contributed by atoms with E-state index in [2.05, 4.69) is 14.8 Å². The molecule has 0 unspecified atom stereocenters. The van der Waals surface area contributed by atoms with Gasteiger partial charge in [-0.2, -0.15) is 0 Å². The lowest BCUT2D eigenvalue weighted by molar-refractivity contribution is -0.125. The first-order valence-electron chi connectivity index (χ1n) is 11.5. The second-order valence-electron chi connectivity index (χ2n) is 8.68. The van der Waals surface area contributed by atoms with E-state index in [4.69, 9.17) is 16.6 Å². The number of imidazole rings is 1. The zero-order valence-electron chi connectivity index (χ0n) is 18.8. The zero-order chi connectivity index (χ0) is 23.5. The molecule has 2 heterocycles. The maximum absolute atomic E-state index is 14.4. The largest absolute Gasteiger partial charge is 0.352 e. The highest BCUT2D eigenvalue weighted by Gasteiger charge is 2.27. The van der Waals surface area contributed by atoms with Gasteiger partial charge in [-0.05, 0) is 48.7 Å². The Morgan fingerprint density at radius 2 is 1.71 bits per heavy atom. The van der Waals surface area contributed by atoms with Crippen molar-refractivity contribution >= 4 is 34.5 Å². The Bertz CT molecular complexity index is 1300. The monoisotopic (exact) mass is 476 g/mol. The van der Waals surface area contributed by atoms with E-state index >= 15 is 0 Å². The van der Waals surface area contributed by atoms with E-state index in [0.717, 1.165) is 48.5 Å². The van der Waals surface area contributed by atoms with Gasteiger partial charge in [0.15, 0.2) is 0 Å². The molecule has 0 spiro atoms. The number of anilines is 1. The van der Waals surface area contributed by atoms with Crippen LogP contribution in [0.4, 0.5) is 10.3 Å². The SMILES string of the molecule is O=C(NCc1ccc(Cl)cc1)C1CCN(c2nc3ccccc3n2Cc2ccccc2F)CC1. The minimum atomic E-state index is -0.220. The number of hydrogen-bond donors (Lipinski definition) is 1. The van der Waals surface area contributed by atoms with E-state index in [-0.39, 0.29) is 17.6 Å². The Labute approximate surface area is 203 Å². The number of amides is 1. The first-order chi connectivity index (χ1) is 16.6. The fraction of sp³-hybridized carbons (Fsp3) is 0.259. The van der Waals surface area contributed by atoms with Crippen LogP contribution in [-0.2, 0) is 17.9 Å². The summed E-state index contributed by atoms with van der Waals surface area (Å²) in [7, 11) is 0. The van der Waals surface area contributed by atoms with E-state index in [1.165, 1.54) is 6.07 Å². The smallest absolute Gasteiger partial charge is 0.223 e. The summed E-state index contributed by atoms with van der Waals surface area (Å²) in [6, 6.07) is 22.3. The van der Waals surface area contributed by atoms with Gasteiger partial charge >= 0.3 is 0 Å². The van der Waals surface area contributed by atoms with Crippen LogP contribution in [0, 0.1) is 11.7 Å². The fourth-order valence-electron chi connectivity index (χ4n) is 4.53. The van der Waals surface area contributed by atoms with Gasteiger partial charge in [0.25, 0.3) is 0 Å². The third-order valence-electron chi connectivity index (χ3n) is 6.45. The van der Waals surface area contributed by atoms with Crippen LogP contribution in [0.15, 0.2) is 72.8 Å². The molecule has 34 heavy (non-hydrogen) atoms. The average Bonchev–Trinajstić information content (AvgIpc) is 3.23. The number of para-hydroxylation sites is 2. The average molecular weight is 477 g/mol. The molecule has 1 saturated heterocycles. The molecule has 0 radical (unpaired) electrons. The summed E-state index contributed by atoms with van der Waals surface area (Å²) >= 11 is 5.93. The normalized spacial score (nSPS) is 14.5. The molecule has 7 heteroatoms. The molecule has 1 aromatic heterocycles. The molecule has 0 saturated carbocycles. The third kappa shape index (κ3) is 4.77. The van der Waals surface area contributed by atoms with Crippen LogP contribution >= 0.6 is 11.6 Å². The molecule has 4 aromatic rings. The topological polar surface area (TPSA) is 50.2 Å². The summed E-state index contributed by atoms with van der Waals surface area (Å²) in [6.07, 6.45) is 1.49. The van der Waals surface area contributed by atoms with Crippen molar-refractivity contribution in [3.63, 3.8) is 0 Å². The van der Waals surface area contributed by atoms with Crippen LogP contribution in [0.3, 0.4) is 0 Å². The van der Waals surface area contributed by atoms with Crippen LogP contribution in [0.5, 0.6) is 0 Å². The number of aromatic nitrogens is 2. The van der Waals surface area contributed by atoms with Gasteiger partial charge in [0, 0.05) is 36.1 Å². The van der Waals surface area contributed by atoms with Gasteiger partial charge in [-0.3, -0.25) is 4.79 Å². The van der Waals surface area contributed by atoms with Crippen LogP contribution in [0.1, 0.15) is 24.0 Å². The molecule has 5 nitrogen and oxygen atoms in total. The lowest BCUT2D eigenvalue weighted by Crippen LogP contribution is -2.41. The Balaban J connectivity index is 1.28. The lowest BCUT2D eigenvalue weighted by atomic mass is 9.96. The van der Waals surface area contributed by atoms with Crippen LogP contribution in [0.25, 0.3) is 11.0 Å². The molecule has 1 aliphatic rings. The molecule has 1 aliphatic heterocycles. The molecule has 5 rings (SSSR count). The predicted molar refractivity (Wildman–Crippen MR) is 133 cm³/mol. The van der Waals surface area contributed by atoms with Crippen LogP contribution in [-0.4, -0.2) is 28.5 Å². The summed E-state index contributed by atoms with van der Waals surface area (Å²) in [6.45, 7) is 2.35. The Morgan fingerprint density at radius 1 is 1.00 bits per heavy atom. The number of carbonyl (C=O) groups excluding carboxylic acids is 1. The number of hydrogen-bond acceptors (Lipinski definition) is 3. The summed E-state index contributed by atoms with van der Waals surface area (Å²) < 4.78 is 16.5.